The van der Waals surface area contributed by atoms with E-state index < -0.39 is 11.9 Å². The van der Waals surface area contributed by atoms with Crippen LogP contribution in [0.2, 0.25) is 10.0 Å². The summed E-state index contributed by atoms with van der Waals surface area (Å²) >= 11 is 16.9. The number of anilines is 1. The van der Waals surface area contributed by atoms with E-state index in [2.05, 4.69) is 12.6 Å². The molecule has 31 heavy (non-hydrogen) atoms. The van der Waals surface area contributed by atoms with Crippen LogP contribution in [0.25, 0.3) is 0 Å². The van der Waals surface area contributed by atoms with Crippen molar-refractivity contribution >= 4 is 47.4 Å². The third-order valence-electron chi connectivity index (χ3n) is 5.56. The van der Waals surface area contributed by atoms with E-state index in [1.165, 1.54) is 11.0 Å². The molecule has 0 saturated carbocycles. The second kappa shape index (κ2) is 8.15. The van der Waals surface area contributed by atoms with Crippen LogP contribution in [0.15, 0.2) is 36.4 Å². The Morgan fingerprint density at radius 1 is 1.16 bits per heavy atom. The van der Waals surface area contributed by atoms with Gasteiger partial charge in [0.2, 0.25) is 0 Å². The smallest absolute Gasteiger partial charge is 0.277 e. The lowest BCUT2D eigenvalue weighted by Crippen LogP contribution is -2.31. The van der Waals surface area contributed by atoms with Crippen molar-refractivity contribution in [2.45, 2.75) is 45.0 Å². The molecule has 0 N–H and O–H groups in total. The van der Waals surface area contributed by atoms with Gasteiger partial charge in [-0.3, -0.25) is 9.69 Å². The van der Waals surface area contributed by atoms with Gasteiger partial charge in [-0.15, -0.1) is 0 Å². The number of benzene rings is 2. The van der Waals surface area contributed by atoms with Crippen molar-refractivity contribution in [1.82, 2.24) is 9.78 Å². The molecule has 0 saturated heterocycles. The fourth-order valence-corrected chi connectivity index (χ4v) is 4.65. The first kappa shape index (κ1) is 22.2. The molecule has 1 unspecified atom stereocenters. The zero-order valence-electron chi connectivity index (χ0n) is 17.5. The molecule has 0 aliphatic carbocycles. The molecule has 0 radical (unpaired) electrons. The van der Waals surface area contributed by atoms with Gasteiger partial charge in [0.15, 0.2) is 5.82 Å². The summed E-state index contributed by atoms with van der Waals surface area (Å²) in [6.07, 6.45) is 0. The summed E-state index contributed by atoms with van der Waals surface area (Å²) in [5.41, 5.74) is 3.81. The van der Waals surface area contributed by atoms with Crippen molar-refractivity contribution in [1.29, 1.82) is 0 Å². The van der Waals surface area contributed by atoms with Gasteiger partial charge in [0, 0.05) is 10.6 Å². The van der Waals surface area contributed by atoms with Crippen molar-refractivity contribution in [2.24, 2.45) is 0 Å². The van der Waals surface area contributed by atoms with Crippen LogP contribution in [0.4, 0.5) is 10.1 Å². The third-order valence-corrected chi connectivity index (χ3v) is 6.30. The average Bonchev–Trinajstić information content (AvgIpc) is 3.23. The Balaban J connectivity index is 2.08. The molecule has 8 heteroatoms. The second-order valence-corrected chi connectivity index (χ2v) is 9.62. The van der Waals surface area contributed by atoms with E-state index in [1.807, 2.05) is 39.8 Å². The lowest BCUT2D eigenvalue weighted by atomic mass is 9.92. The molecule has 3 aromatic rings. The minimum atomic E-state index is -0.642. The molecule has 2 atom stereocenters. The molecule has 2 heterocycles. The quantitative estimate of drug-likeness (QED) is 0.412. The molecule has 1 aliphatic rings. The van der Waals surface area contributed by atoms with Gasteiger partial charge in [-0.2, -0.15) is 17.7 Å². The number of thiol groups is 1. The highest BCUT2D eigenvalue weighted by Crippen LogP contribution is 2.47. The van der Waals surface area contributed by atoms with E-state index >= 15 is 4.39 Å². The minimum absolute atomic E-state index is 0.0426. The Morgan fingerprint density at radius 3 is 2.52 bits per heavy atom. The summed E-state index contributed by atoms with van der Waals surface area (Å²) in [5, 5.41) is 4.87. The molecule has 4 nitrogen and oxygen atoms in total. The van der Waals surface area contributed by atoms with E-state index in [0.29, 0.717) is 10.7 Å². The predicted octanol–water partition coefficient (Wildman–Crippen LogP) is 6.96. The molecule has 1 aromatic heterocycles. The number of aryl methyl sites for hydroxylation is 1. The van der Waals surface area contributed by atoms with Gasteiger partial charge in [0.05, 0.1) is 27.8 Å². The maximum absolute atomic E-state index is 15.2. The number of aromatic nitrogens is 2. The first-order valence-electron chi connectivity index (χ1n) is 9.97. The number of rotatable bonds is 4. The zero-order valence-corrected chi connectivity index (χ0v) is 19.9. The van der Waals surface area contributed by atoms with Crippen molar-refractivity contribution in [3.8, 4) is 0 Å². The van der Waals surface area contributed by atoms with Crippen LogP contribution in [0.1, 0.15) is 71.0 Å². The number of carbonyl (C=O) groups is 1. The van der Waals surface area contributed by atoms with Gasteiger partial charge in [-0.05, 0) is 55.2 Å². The lowest BCUT2D eigenvalue weighted by molar-refractivity contribution is 0.0982. The van der Waals surface area contributed by atoms with Gasteiger partial charge in [-0.25, -0.2) is 9.07 Å². The number of halogens is 3. The van der Waals surface area contributed by atoms with Crippen molar-refractivity contribution in [2.75, 3.05) is 4.90 Å². The van der Waals surface area contributed by atoms with Gasteiger partial charge in [0.25, 0.3) is 5.91 Å². The summed E-state index contributed by atoms with van der Waals surface area (Å²) in [4.78, 5) is 15.3. The number of hydrogen-bond acceptors (Lipinski definition) is 3. The molecular weight excluding hydrogens is 456 g/mol. The standard InChI is InChI=1S/C23H22Cl2FN3OS/c1-11(2)20-18-21(15-10-14(24)9-8-12(15)3)28(17-7-5-6-16(25)19(17)26)23(30)22(18)29(27-20)13(4)31/h5-11,13,21,31H,1-4H3/t13?,21-/m0/s1. The van der Waals surface area contributed by atoms with E-state index in [-0.39, 0.29) is 27.9 Å². The molecule has 2 aromatic carbocycles. The van der Waals surface area contributed by atoms with Crippen molar-refractivity contribution in [3.63, 3.8) is 0 Å². The number of fused-ring (bicyclic) bond motifs is 1. The molecule has 1 amide bonds. The van der Waals surface area contributed by atoms with Crippen LogP contribution in [-0.2, 0) is 0 Å². The largest absolute Gasteiger partial charge is 0.292 e. The zero-order chi connectivity index (χ0) is 22.6. The first-order valence-corrected chi connectivity index (χ1v) is 11.2. The van der Waals surface area contributed by atoms with E-state index in [0.717, 1.165) is 22.4 Å². The number of nitrogens with zero attached hydrogens (tertiary/aromatic N) is 3. The number of carbonyl (C=O) groups excluding carboxylic acids is 1. The SMILES string of the molecule is Cc1ccc(Cl)cc1[C@H]1c2c(C(C)C)nn(C(C)S)c2C(=O)N1c1cccc(Cl)c1F. The summed E-state index contributed by atoms with van der Waals surface area (Å²) in [7, 11) is 0. The molecule has 1 aliphatic heterocycles. The Hall–Kier alpha value is -2.02. The topological polar surface area (TPSA) is 38.1 Å². The summed E-state index contributed by atoms with van der Waals surface area (Å²) in [5.74, 6) is -0.946. The maximum Gasteiger partial charge on any atom is 0.277 e. The second-order valence-electron chi connectivity index (χ2n) is 8.03. The molecule has 0 fully saturated rings. The minimum Gasteiger partial charge on any atom is -0.292 e. The van der Waals surface area contributed by atoms with Gasteiger partial charge < -0.3 is 0 Å². The van der Waals surface area contributed by atoms with E-state index in [1.54, 1.807) is 22.9 Å². The Morgan fingerprint density at radius 2 is 1.87 bits per heavy atom. The summed E-state index contributed by atoms with van der Waals surface area (Å²) in [6, 6.07) is 9.59. The molecule has 4 rings (SSSR count). The summed E-state index contributed by atoms with van der Waals surface area (Å²) in [6.45, 7) is 7.83. The Labute approximate surface area is 196 Å². The van der Waals surface area contributed by atoms with Gasteiger partial charge in [-0.1, -0.05) is 49.2 Å². The molecule has 162 valence electrons. The predicted molar refractivity (Wildman–Crippen MR) is 126 cm³/mol. The highest BCUT2D eigenvalue weighted by atomic mass is 35.5. The molecular formula is C23H22Cl2FN3OS. The first-order chi connectivity index (χ1) is 14.6. The third kappa shape index (κ3) is 3.55. The fraction of sp³-hybridized carbons (Fsp3) is 0.304. The van der Waals surface area contributed by atoms with Crippen LogP contribution in [-0.4, -0.2) is 15.7 Å². The summed E-state index contributed by atoms with van der Waals surface area (Å²) < 4.78 is 16.8. The van der Waals surface area contributed by atoms with Crippen molar-refractivity contribution < 1.29 is 9.18 Å². The normalized spacial score (nSPS) is 16.9. The monoisotopic (exact) mass is 477 g/mol. The fourth-order valence-electron chi connectivity index (χ4n) is 4.13. The van der Waals surface area contributed by atoms with E-state index in [9.17, 15) is 4.79 Å². The van der Waals surface area contributed by atoms with Crippen LogP contribution < -0.4 is 4.90 Å². The molecule has 0 spiro atoms. The molecule has 0 bridgehead atoms. The average molecular weight is 478 g/mol. The van der Waals surface area contributed by atoms with Gasteiger partial charge >= 0.3 is 0 Å². The highest BCUT2D eigenvalue weighted by Gasteiger charge is 2.46. The van der Waals surface area contributed by atoms with Gasteiger partial charge in [0.1, 0.15) is 5.69 Å². The lowest BCUT2D eigenvalue weighted by Gasteiger charge is -2.28. The Bertz CT molecular complexity index is 1190. The van der Waals surface area contributed by atoms with Crippen LogP contribution in [0, 0.1) is 12.7 Å². The highest BCUT2D eigenvalue weighted by molar-refractivity contribution is 7.80. The number of hydrogen-bond donors (Lipinski definition) is 1. The van der Waals surface area contributed by atoms with Crippen LogP contribution in [0.5, 0.6) is 0 Å². The van der Waals surface area contributed by atoms with Crippen LogP contribution in [0.3, 0.4) is 0 Å². The van der Waals surface area contributed by atoms with E-state index in [4.69, 9.17) is 28.3 Å². The van der Waals surface area contributed by atoms with Crippen molar-refractivity contribution in [3.05, 3.63) is 80.3 Å². The van der Waals surface area contributed by atoms with Crippen LogP contribution >= 0.6 is 35.8 Å². The number of amides is 1. The Kier molecular flexibility index (Phi) is 5.83. The maximum atomic E-state index is 15.2.